The maximum atomic E-state index is 12.1. The molecule has 1 saturated carbocycles. The number of allylic oxidation sites excluding steroid dienone is 2. The molecule has 16 heavy (non-hydrogen) atoms. The third-order valence-electron chi connectivity index (χ3n) is 3.55. The summed E-state index contributed by atoms with van der Waals surface area (Å²) in [5.41, 5.74) is -0.0985. The van der Waals surface area contributed by atoms with E-state index in [-0.39, 0.29) is 17.4 Å². The van der Waals surface area contributed by atoms with E-state index < -0.39 is 0 Å². The first-order valence-electron chi connectivity index (χ1n) is 6.48. The number of hydrogen-bond acceptors (Lipinski definition) is 1. The quantitative estimate of drug-likeness (QED) is 0.678. The van der Waals surface area contributed by atoms with E-state index in [9.17, 15) is 4.79 Å². The summed E-state index contributed by atoms with van der Waals surface area (Å²) in [6, 6.07) is 0. The van der Waals surface area contributed by atoms with Gasteiger partial charge in [-0.1, -0.05) is 18.6 Å². The van der Waals surface area contributed by atoms with Crippen LogP contribution in [0.25, 0.3) is 0 Å². The molecule has 0 aromatic carbocycles. The molecule has 0 heterocycles. The first-order valence-corrected chi connectivity index (χ1v) is 6.48. The Hall–Kier alpha value is -0.790. The zero-order valence-corrected chi connectivity index (χ0v) is 10.6. The Labute approximate surface area is 98.5 Å². The molecule has 2 rings (SSSR count). The van der Waals surface area contributed by atoms with E-state index in [4.69, 9.17) is 0 Å². The SMILES string of the molecule is CC(C)(C)NC(=O)C1C2/C=C/CCCCC21. The Bertz CT molecular complexity index is 300. The summed E-state index contributed by atoms with van der Waals surface area (Å²) in [5, 5.41) is 3.11. The zero-order chi connectivity index (χ0) is 11.8. The molecule has 0 aromatic heterocycles. The van der Waals surface area contributed by atoms with Gasteiger partial charge in [0, 0.05) is 11.5 Å². The lowest BCUT2D eigenvalue weighted by atomic mass is 10.1. The van der Waals surface area contributed by atoms with Gasteiger partial charge in [0.25, 0.3) is 0 Å². The normalized spacial score (nSPS) is 35.6. The van der Waals surface area contributed by atoms with E-state index in [0.29, 0.717) is 11.8 Å². The zero-order valence-electron chi connectivity index (χ0n) is 10.6. The Morgan fingerprint density at radius 3 is 2.75 bits per heavy atom. The third-order valence-corrected chi connectivity index (χ3v) is 3.55. The molecule has 3 atom stereocenters. The standard InChI is InChI=1S/C14H23NO/c1-14(2,3)15-13(16)12-10-8-6-4-5-7-9-11(10)12/h6,8,10-12H,4-5,7,9H2,1-3H3,(H,15,16)/b8-6+. The van der Waals surface area contributed by atoms with Crippen molar-refractivity contribution in [2.75, 3.05) is 0 Å². The minimum Gasteiger partial charge on any atom is -0.351 e. The second-order valence-corrected chi connectivity index (χ2v) is 6.22. The number of carbonyl (C=O) groups excluding carboxylic acids is 1. The molecule has 0 spiro atoms. The van der Waals surface area contributed by atoms with Crippen LogP contribution in [0.2, 0.25) is 0 Å². The largest absolute Gasteiger partial charge is 0.351 e. The van der Waals surface area contributed by atoms with Gasteiger partial charge >= 0.3 is 0 Å². The van der Waals surface area contributed by atoms with Crippen molar-refractivity contribution >= 4 is 5.91 Å². The highest BCUT2D eigenvalue weighted by molar-refractivity contribution is 5.83. The van der Waals surface area contributed by atoms with Crippen molar-refractivity contribution in [3.05, 3.63) is 12.2 Å². The molecule has 1 N–H and O–H groups in total. The lowest BCUT2D eigenvalue weighted by molar-refractivity contribution is -0.124. The van der Waals surface area contributed by atoms with Crippen LogP contribution in [0.15, 0.2) is 12.2 Å². The average molecular weight is 221 g/mol. The number of rotatable bonds is 1. The number of amides is 1. The van der Waals surface area contributed by atoms with Crippen LogP contribution < -0.4 is 5.32 Å². The van der Waals surface area contributed by atoms with Gasteiger partial charge in [-0.05, 0) is 51.9 Å². The molecule has 2 nitrogen and oxygen atoms in total. The monoisotopic (exact) mass is 221 g/mol. The van der Waals surface area contributed by atoms with Crippen molar-refractivity contribution in [3.8, 4) is 0 Å². The van der Waals surface area contributed by atoms with Crippen LogP contribution in [0.4, 0.5) is 0 Å². The fourth-order valence-electron chi connectivity index (χ4n) is 2.75. The summed E-state index contributed by atoms with van der Waals surface area (Å²) in [7, 11) is 0. The van der Waals surface area contributed by atoms with Gasteiger partial charge in [-0.25, -0.2) is 0 Å². The first kappa shape index (κ1) is 11.7. The van der Waals surface area contributed by atoms with Crippen LogP contribution in [0, 0.1) is 17.8 Å². The average Bonchev–Trinajstić information content (AvgIpc) is 2.73. The van der Waals surface area contributed by atoms with E-state index in [1.807, 2.05) is 20.8 Å². The summed E-state index contributed by atoms with van der Waals surface area (Å²) in [5.74, 6) is 1.67. The maximum absolute atomic E-state index is 12.1. The highest BCUT2D eigenvalue weighted by Gasteiger charge is 2.52. The Morgan fingerprint density at radius 1 is 1.31 bits per heavy atom. The minimum absolute atomic E-state index is 0.0985. The molecular weight excluding hydrogens is 198 g/mol. The topological polar surface area (TPSA) is 29.1 Å². The summed E-state index contributed by atoms with van der Waals surface area (Å²) in [4.78, 5) is 12.1. The Morgan fingerprint density at radius 2 is 2.06 bits per heavy atom. The predicted molar refractivity (Wildman–Crippen MR) is 66.0 cm³/mol. The predicted octanol–water partition coefficient (Wildman–Crippen LogP) is 2.89. The summed E-state index contributed by atoms with van der Waals surface area (Å²) in [6.07, 6.45) is 9.53. The van der Waals surface area contributed by atoms with Crippen LogP contribution in [-0.2, 0) is 4.79 Å². The van der Waals surface area contributed by atoms with Crippen molar-refractivity contribution in [1.82, 2.24) is 5.32 Å². The van der Waals surface area contributed by atoms with E-state index in [0.717, 1.165) is 0 Å². The summed E-state index contributed by atoms with van der Waals surface area (Å²) in [6.45, 7) is 6.14. The molecule has 2 heteroatoms. The van der Waals surface area contributed by atoms with Crippen molar-refractivity contribution in [2.45, 2.75) is 52.0 Å². The smallest absolute Gasteiger partial charge is 0.224 e. The lowest BCUT2D eigenvalue weighted by Gasteiger charge is -2.20. The number of nitrogens with one attached hydrogen (secondary N) is 1. The number of fused-ring (bicyclic) bond motifs is 1. The molecule has 2 aliphatic rings. The van der Waals surface area contributed by atoms with E-state index in [1.165, 1.54) is 25.7 Å². The van der Waals surface area contributed by atoms with Crippen molar-refractivity contribution in [3.63, 3.8) is 0 Å². The Kier molecular flexibility index (Phi) is 3.09. The molecule has 1 fully saturated rings. The van der Waals surface area contributed by atoms with Crippen LogP contribution >= 0.6 is 0 Å². The molecule has 0 aromatic rings. The van der Waals surface area contributed by atoms with Gasteiger partial charge in [-0.15, -0.1) is 0 Å². The van der Waals surface area contributed by atoms with Crippen molar-refractivity contribution in [1.29, 1.82) is 0 Å². The van der Waals surface area contributed by atoms with Gasteiger partial charge in [0.15, 0.2) is 0 Å². The van der Waals surface area contributed by atoms with Gasteiger partial charge in [-0.3, -0.25) is 4.79 Å². The second kappa shape index (κ2) is 4.23. The van der Waals surface area contributed by atoms with E-state index >= 15 is 0 Å². The lowest BCUT2D eigenvalue weighted by Crippen LogP contribution is -2.41. The number of hydrogen-bond donors (Lipinski definition) is 1. The van der Waals surface area contributed by atoms with Gasteiger partial charge in [-0.2, -0.15) is 0 Å². The molecular formula is C14H23NO. The number of carbonyl (C=O) groups is 1. The second-order valence-electron chi connectivity index (χ2n) is 6.22. The fraction of sp³-hybridized carbons (Fsp3) is 0.786. The van der Waals surface area contributed by atoms with Crippen LogP contribution in [0.3, 0.4) is 0 Å². The van der Waals surface area contributed by atoms with Crippen LogP contribution in [-0.4, -0.2) is 11.4 Å². The molecule has 0 aliphatic heterocycles. The van der Waals surface area contributed by atoms with Gasteiger partial charge in [0.1, 0.15) is 0 Å². The maximum Gasteiger partial charge on any atom is 0.224 e. The molecule has 2 aliphatic carbocycles. The van der Waals surface area contributed by atoms with Gasteiger partial charge < -0.3 is 5.32 Å². The molecule has 3 unspecified atom stereocenters. The molecule has 0 bridgehead atoms. The van der Waals surface area contributed by atoms with Gasteiger partial charge in [0.05, 0.1) is 0 Å². The molecule has 0 radical (unpaired) electrons. The van der Waals surface area contributed by atoms with Crippen molar-refractivity contribution < 1.29 is 4.79 Å². The fourth-order valence-corrected chi connectivity index (χ4v) is 2.75. The molecule has 0 saturated heterocycles. The first-order chi connectivity index (χ1) is 7.49. The van der Waals surface area contributed by atoms with Crippen LogP contribution in [0.1, 0.15) is 46.5 Å². The van der Waals surface area contributed by atoms with E-state index in [2.05, 4.69) is 17.5 Å². The molecule has 90 valence electrons. The van der Waals surface area contributed by atoms with Gasteiger partial charge in [0.2, 0.25) is 5.91 Å². The Balaban J connectivity index is 1.95. The minimum atomic E-state index is -0.0985. The van der Waals surface area contributed by atoms with Crippen LogP contribution in [0.5, 0.6) is 0 Å². The molecule has 1 amide bonds. The summed E-state index contributed by atoms with van der Waals surface area (Å²) < 4.78 is 0. The van der Waals surface area contributed by atoms with E-state index in [1.54, 1.807) is 0 Å². The highest BCUT2D eigenvalue weighted by Crippen LogP contribution is 2.51. The third kappa shape index (κ3) is 2.66. The highest BCUT2D eigenvalue weighted by atomic mass is 16.2. The summed E-state index contributed by atoms with van der Waals surface area (Å²) >= 11 is 0. The van der Waals surface area contributed by atoms with Crippen molar-refractivity contribution in [2.24, 2.45) is 17.8 Å².